The minimum absolute atomic E-state index is 0.0649. The minimum Gasteiger partial charge on any atom is -0.333 e. The first-order valence-corrected chi connectivity index (χ1v) is 6.27. The van der Waals surface area contributed by atoms with Gasteiger partial charge in [-0.15, -0.1) is 0 Å². The molecule has 2 N–H and O–H groups in total. The van der Waals surface area contributed by atoms with E-state index < -0.39 is 0 Å². The summed E-state index contributed by atoms with van der Waals surface area (Å²) in [5, 5.41) is 6.08. The van der Waals surface area contributed by atoms with Gasteiger partial charge in [-0.2, -0.15) is 0 Å². The molecule has 0 aromatic carbocycles. The Labute approximate surface area is 100 Å². The van der Waals surface area contributed by atoms with E-state index in [0.717, 1.165) is 12.8 Å². The minimum atomic E-state index is -0.143. The van der Waals surface area contributed by atoms with Gasteiger partial charge in [-0.3, -0.25) is 0 Å². The number of rotatable bonds is 5. The lowest BCUT2D eigenvalue weighted by atomic mass is 9.86. The van der Waals surface area contributed by atoms with Crippen LogP contribution in [0.2, 0.25) is 0 Å². The Kier molecular flexibility index (Phi) is 5.30. The van der Waals surface area contributed by atoms with Crippen molar-refractivity contribution >= 4 is 6.03 Å². The van der Waals surface area contributed by atoms with E-state index >= 15 is 0 Å². The maximum absolute atomic E-state index is 11.9. The summed E-state index contributed by atoms with van der Waals surface area (Å²) in [5.41, 5.74) is -0.274. The average molecular weight is 228 g/mol. The number of carbonyl (C=O) groups is 1. The fourth-order valence-corrected chi connectivity index (χ4v) is 1.33. The lowest BCUT2D eigenvalue weighted by Crippen LogP contribution is -2.56. The highest BCUT2D eigenvalue weighted by atomic mass is 16.2. The summed E-state index contributed by atoms with van der Waals surface area (Å²) >= 11 is 0. The fraction of sp³-hybridized carbons (Fsp3) is 0.923. The molecule has 0 aromatic heterocycles. The number of hydrogen-bond donors (Lipinski definition) is 2. The first-order chi connectivity index (χ1) is 7.17. The Morgan fingerprint density at radius 3 is 1.88 bits per heavy atom. The van der Waals surface area contributed by atoms with E-state index in [-0.39, 0.29) is 17.1 Å². The Hall–Kier alpha value is -0.730. The number of amides is 2. The highest BCUT2D eigenvalue weighted by Crippen LogP contribution is 2.20. The van der Waals surface area contributed by atoms with Crippen LogP contribution in [-0.4, -0.2) is 17.1 Å². The second-order valence-electron chi connectivity index (χ2n) is 5.74. The van der Waals surface area contributed by atoms with E-state index in [1.165, 1.54) is 0 Å². The smallest absolute Gasteiger partial charge is 0.315 e. The van der Waals surface area contributed by atoms with Gasteiger partial charge >= 0.3 is 6.03 Å². The van der Waals surface area contributed by atoms with Crippen molar-refractivity contribution in [1.82, 2.24) is 10.6 Å². The molecule has 0 aromatic rings. The van der Waals surface area contributed by atoms with Crippen LogP contribution in [0.5, 0.6) is 0 Å². The molecule has 0 radical (unpaired) electrons. The number of carbonyl (C=O) groups excluding carboxylic acids is 1. The maximum atomic E-state index is 11.9. The third-order valence-corrected chi connectivity index (χ3v) is 3.74. The summed E-state index contributed by atoms with van der Waals surface area (Å²) in [5.74, 6) is 0.424. The first kappa shape index (κ1) is 15.3. The summed E-state index contributed by atoms with van der Waals surface area (Å²) in [6.07, 6.45) is 1.86. The van der Waals surface area contributed by atoms with Crippen molar-refractivity contribution in [2.45, 2.75) is 72.4 Å². The molecule has 3 nitrogen and oxygen atoms in total. The average Bonchev–Trinajstić information content (AvgIpc) is 2.16. The molecule has 0 spiro atoms. The van der Waals surface area contributed by atoms with Gasteiger partial charge in [0.05, 0.1) is 0 Å². The lowest BCUT2D eigenvalue weighted by Gasteiger charge is -2.35. The second-order valence-corrected chi connectivity index (χ2v) is 5.74. The molecule has 0 saturated heterocycles. The molecule has 0 heterocycles. The molecule has 96 valence electrons. The van der Waals surface area contributed by atoms with E-state index in [0.29, 0.717) is 5.92 Å². The molecule has 0 aliphatic carbocycles. The summed E-state index contributed by atoms with van der Waals surface area (Å²) in [6.45, 7) is 14.6. The van der Waals surface area contributed by atoms with Crippen LogP contribution in [0.4, 0.5) is 4.79 Å². The molecule has 0 rings (SSSR count). The van der Waals surface area contributed by atoms with Crippen molar-refractivity contribution in [1.29, 1.82) is 0 Å². The Morgan fingerprint density at radius 1 is 1.06 bits per heavy atom. The van der Waals surface area contributed by atoms with Crippen molar-refractivity contribution in [2.24, 2.45) is 5.92 Å². The Balaban J connectivity index is 4.44. The summed E-state index contributed by atoms with van der Waals surface area (Å²) in [4.78, 5) is 11.9. The van der Waals surface area contributed by atoms with Crippen molar-refractivity contribution in [3.8, 4) is 0 Å². The van der Waals surface area contributed by atoms with Crippen molar-refractivity contribution < 1.29 is 4.79 Å². The molecule has 3 heteroatoms. The normalized spacial score (nSPS) is 15.8. The molecular formula is C13H28N2O. The molecule has 2 amide bonds. The van der Waals surface area contributed by atoms with Gasteiger partial charge in [0.2, 0.25) is 0 Å². The van der Waals surface area contributed by atoms with Crippen LogP contribution >= 0.6 is 0 Å². The zero-order chi connectivity index (χ0) is 13.0. The topological polar surface area (TPSA) is 41.1 Å². The molecule has 0 aliphatic heterocycles. The van der Waals surface area contributed by atoms with Gasteiger partial charge in [0.15, 0.2) is 0 Å². The van der Waals surface area contributed by atoms with Crippen molar-refractivity contribution in [2.75, 3.05) is 0 Å². The molecule has 1 atom stereocenters. The van der Waals surface area contributed by atoms with Crippen LogP contribution < -0.4 is 10.6 Å². The van der Waals surface area contributed by atoms with Crippen molar-refractivity contribution in [3.63, 3.8) is 0 Å². The van der Waals surface area contributed by atoms with Crippen molar-refractivity contribution in [3.05, 3.63) is 0 Å². The van der Waals surface area contributed by atoms with Gasteiger partial charge in [-0.25, -0.2) is 4.79 Å². The molecule has 0 fully saturated rings. The van der Waals surface area contributed by atoms with Crippen LogP contribution in [0.1, 0.15) is 61.3 Å². The summed E-state index contributed by atoms with van der Waals surface area (Å²) in [6, 6.07) is -0.0649. The van der Waals surface area contributed by atoms with E-state index in [4.69, 9.17) is 0 Å². The van der Waals surface area contributed by atoms with Gasteiger partial charge in [-0.05, 0) is 39.5 Å². The molecule has 0 aliphatic rings. The van der Waals surface area contributed by atoms with Gasteiger partial charge < -0.3 is 10.6 Å². The standard InChI is InChI=1S/C13H28N2O/c1-8-12(5,6)14-11(16)15-13(7,9-2)10(3)4/h10H,8-9H2,1-7H3,(H2,14,15,16). The maximum Gasteiger partial charge on any atom is 0.315 e. The highest BCUT2D eigenvalue weighted by molar-refractivity contribution is 5.75. The predicted molar refractivity (Wildman–Crippen MR) is 69.6 cm³/mol. The predicted octanol–water partition coefficient (Wildman–Crippen LogP) is 3.30. The van der Waals surface area contributed by atoms with Gasteiger partial charge in [0.1, 0.15) is 0 Å². The number of nitrogens with one attached hydrogen (secondary N) is 2. The van der Waals surface area contributed by atoms with Crippen LogP contribution in [0, 0.1) is 5.92 Å². The zero-order valence-electron chi connectivity index (χ0n) is 11.9. The van der Waals surface area contributed by atoms with Crippen LogP contribution in [0.3, 0.4) is 0 Å². The second kappa shape index (κ2) is 5.55. The largest absolute Gasteiger partial charge is 0.333 e. The summed E-state index contributed by atoms with van der Waals surface area (Å²) in [7, 11) is 0. The van der Waals surface area contributed by atoms with E-state index in [9.17, 15) is 4.79 Å². The number of urea groups is 1. The fourth-order valence-electron chi connectivity index (χ4n) is 1.33. The third-order valence-electron chi connectivity index (χ3n) is 3.74. The van der Waals surface area contributed by atoms with Gasteiger partial charge in [0.25, 0.3) is 0 Å². The monoisotopic (exact) mass is 228 g/mol. The van der Waals surface area contributed by atoms with Crippen LogP contribution in [-0.2, 0) is 0 Å². The molecule has 16 heavy (non-hydrogen) atoms. The van der Waals surface area contributed by atoms with Gasteiger partial charge in [-0.1, -0.05) is 27.7 Å². The van der Waals surface area contributed by atoms with E-state index in [1.54, 1.807) is 0 Å². The van der Waals surface area contributed by atoms with E-state index in [2.05, 4.69) is 45.3 Å². The zero-order valence-corrected chi connectivity index (χ0v) is 11.9. The highest BCUT2D eigenvalue weighted by Gasteiger charge is 2.29. The molecule has 0 bridgehead atoms. The lowest BCUT2D eigenvalue weighted by molar-refractivity contribution is 0.199. The Bertz CT molecular complexity index is 236. The first-order valence-electron chi connectivity index (χ1n) is 6.27. The number of hydrogen-bond acceptors (Lipinski definition) is 1. The molecular weight excluding hydrogens is 200 g/mol. The Morgan fingerprint density at radius 2 is 1.56 bits per heavy atom. The SMILES string of the molecule is CCC(C)(C)NC(=O)NC(C)(CC)C(C)C. The molecule has 1 unspecified atom stereocenters. The summed E-state index contributed by atoms with van der Waals surface area (Å²) < 4.78 is 0. The van der Waals surface area contributed by atoms with Crippen LogP contribution in [0.25, 0.3) is 0 Å². The van der Waals surface area contributed by atoms with Crippen LogP contribution in [0.15, 0.2) is 0 Å². The van der Waals surface area contributed by atoms with E-state index in [1.807, 2.05) is 13.8 Å². The third kappa shape index (κ3) is 4.42. The quantitative estimate of drug-likeness (QED) is 0.745. The molecule has 0 saturated carbocycles. The van der Waals surface area contributed by atoms with Gasteiger partial charge in [0, 0.05) is 11.1 Å².